The van der Waals surface area contributed by atoms with Gasteiger partial charge in [-0.3, -0.25) is 0 Å². The molecule has 112 valence electrons. The smallest absolute Gasteiger partial charge is 0.218 e. The number of aromatic nitrogens is 2. The van der Waals surface area contributed by atoms with E-state index in [1.54, 1.807) is 6.33 Å². The maximum Gasteiger partial charge on any atom is 0.218 e. The standard InChI is InChI=1S/C15H26N4O/c1-3-9-20-15-10-14(17-11-18-15)19(4-2)13-7-5-12(16)6-8-13/h10-13H,3-9,16H2,1-2H3. The monoisotopic (exact) mass is 278 g/mol. The normalized spacial score (nSPS) is 22.6. The second-order valence-corrected chi connectivity index (χ2v) is 5.42. The molecule has 0 amide bonds. The molecular formula is C15H26N4O. The van der Waals surface area contributed by atoms with Gasteiger partial charge in [-0.1, -0.05) is 6.92 Å². The van der Waals surface area contributed by atoms with Gasteiger partial charge in [0.05, 0.1) is 6.61 Å². The summed E-state index contributed by atoms with van der Waals surface area (Å²) in [6.45, 7) is 5.90. The van der Waals surface area contributed by atoms with Crippen LogP contribution in [0.4, 0.5) is 5.82 Å². The first kappa shape index (κ1) is 15.0. The molecule has 1 aromatic rings. The number of ether oxygens (including phenoxy) is 1. The van der Waals surface area contributed by atoms with Gasteiger partial charge < -0.3 is 15.4 Å². The summed E-state index contributed by atoms with van der Waals surface area (Å²) in [5.41, 5.74) is 5.99. The number of nitrogens with zero attached hydrogens (tertiary/aromatic N) is 3. The number of nitrogens with two attached hydrogens (primary N) is 1. The highest BCUT2D eigenvalue weighted by Gasteiger charge is 2.24. The Morgan fingerprint density at radius 3 is 2.65 bits per heavy atom. The maximum atomic E-state index is 5.99. The Labute approximate surface area is 121 Å². The van der Waals surface area contributed by atoms with Crippen molar-refractivity contribution in [3.05, 3.63) is 12.4 Å². The van der Waals surface area contributed by atoms with Crippen LogP contribution in [0.5, 0.6) is 5.88 Å². The van der Waals surface area contributed by atoms with Crippen LogP contribution in [0.25, 0.3) is 0 Å². The van der Waals surface area contributed by atoms with E-state index in [2.05, 4.69) is 28.7 Å². The van der Waals surface area contributed by atoms with Crippen molar-refractivity contribution in [2.75, 3.05) is 18.1 Å². The molecule has 0 bridgehead atoms. The molecule has 1 heterocycles. The minimum Gasteiger partial charge on any atom is -0.478 e. The summed E-state index contributed by atoms with van der Waals surface area (Å²) >= 11 is 0. The zero-order valence-corrected chi connectivity index (χ0v) is 12.6. The second-order valence-electron chi connectivity index (χ2n) is 5.42. The van der Waals surface area contributed by atoms with E-state index in [-0.39, 0.29) is 0 Å². The molecule has 2 rings (SSSR count). The van der Waals surface area contributed by atoms with Gasteiger partial charge in [0.25, 0.3) is 0 Å². The highest BCUT2D eigenvalue weighted by Crippen LogP contribution is 2.26. The summed E-state index contributed by atoms with van der Waals surface area (Å²) in [4.78, 5) is 10.9. The highest BCUT2D eigenvalue weighted by molar-refractivity contribution is 5.42. The van der Waals surface area contributed by atoms with E-state index >= 15 is 0 Å². The van der Waals surface area contributed by atoms with Crippen molar-refractivity contribution in [2.24, 2.45) is 5.73 Å². The van der Waals surface area contributed by atoms with Crippen LogP contribution in [0.1, 0.15) is 46.0 Å². The molecule has 0 saturated heterocycles. The van der Waals surface area contributed by atoms with Crippen LogP contribution in [0.15, 0.2) is 12.4 Å². The molecule has 5 nitrogen and oxygen atoms in total. The van der Waals surface area contributed by atoms with Gasteiger partial charge in [0, 0.05) is 24.7 Å². The van der Waals surface area contributed by atoms with Crippen LogP contribution in [-0.2, 0) is 0 Å². The van der Waals surface area contributed by atoms with Gasteiger partial charge in [0.2, 0.25) is 5.88 Å². The van der Waals surface area contributed by atoms with Gasteiger partial charge in [-0.15, -0.1) is 0 Å². The molecule has 1 aliphatic rings. The van der Waals surface area contributed by atoms with Crippen molar-refractivity contribution in [1.82, 2.24) is 9.97 Å². The molecule has 1 aromatic heterocycles. The molecule has 0 aromatic carbocycles. The summed E-state index contributed by atoms with van der Waals surface area (Å²) in [5, 5.41) is 0. The van der Waals surface area contributed by atoms with Gasteiger partial charge in [-0.05, 0) is 39.0 Å². The Bertz CT molecular complexity index is 405. The van der Waals surface area contributed by atoms with Crippen LogP contribution >= 0.6 is 0 Å². The van der Waals surface area contributed by atoms with E-state index in [1.807, 2.05) is 6.07 Å². The molecule has 5 heteroatoms. The Kier molecular flexibility index (Phi) is 5.59. The number of hydrogen-bond acceptors (Lipinski definition) is 5. The van der Waals surface area contributed by atoms with Gasteiger partial charge >= 0.3 is 0 Å². The fourth-order valence-electron chi connectivity index (χ4n) is 2.79. The fourth-order valence-corrected chi connectivity index (χ4v) is 2.79. The van der Waals surface area contributed by atoms with Crippen molar-refractivity contribution in [2.45, 2.75) is 58.0 Å². The first-order valence-electron chi connectivity index (χ1n) is 7.71. The first-order valence-corrected chi connectivity index (χ1v) is 7.71. The summed E-state index contributed by atoms with van der Waals surface area (Å²) in [6.07, 6.45) is 7.07. The number of anilines is 1. The molecule has 0 atom stereocenters. The summed E-state index contributed by atoms with van der Waals surface area (Å²) in [5.74, 6) is 1.64. The van der Waals surface area contributed by atoms with Crippen LogP contribution in [-0.4, -0.2) is 35.2 Å². The fraction of sp³-hybridized carbons (Fsp3) is 0.733. The summed E-state index contributed by atoms with van der Waals surface area (Å²) < 4.78 is 5.60. The summed E-state index contributed by atoms with van der Waals surface area (Å²) in [6, 6.07) is 2.86. The van der Waals surface area contributed by atoms with E-state index in [1.165, 1.54) is 0 Å². The average Bonchev–Trinajstić information content (AvgIpc) is 2.48. The largest absolute Gasteiger partial charge is 0.478 e. The molecule has 20 heavy (non-hydrogen) atoms. The molecule has 1 saturated carbocycles. The SMILES string of the molecule is CCCOc1cc(N(CC)C2CCC(N)CC2)ncn1. The minimum atomic E-state index is 0.374. The predicted octanol–water partition coefficient (Wildman–Crippen LogP) is 2.36. The van der Waals surface area contributed by atoms with Crippen molar-refractivity contribution in [3.8, 4) is 5.88 Å². The lowest BCUT2D eigenvalue weighted by Crippen LogP contribution is -2.41. The Hall–Kier alpha value is -1.36. The number of rotatable bonds is 6. The molecule has 1 aliphatic carbocycles. The third kappa shape index (κ3) is 3.82. The Morgan fingerprint density at radius 1 is 1.25 bits per heavy atom. The average molecular weight is 278 g/mol. The van der Waals surface area contributed by atoms with Crippen LogP contribution in [0, 0.1) is 0 Å². The lowest BCUT2D eigenvalue weighted by atomic mass is 9.91. The lowest BCUT2D eigenvalue weighted by molar-refractivity contribution is 0.304. The van der Waals surface area contributed by atoms with Crippen LogP contribution in [0.2, 0.25) is 0 Å². The third-order valence-electron chi connectivity index (χ3n) is 3.90. The van der Waals surface area contributed by atoms with E-state index in [0.717, 1.165) is 44.5 Å². The van der Waals surface area contributed by atoms with Gasteiger partial charge in [-0.25, -0.2) is 9.97 Å². The zero-order valence-electron chi connectivity index (χ0n) is 12.6. The molecule has 0 unspecified atom stereocenters. The highest BCUT2D eigenvalue weighted by atomic mass is 16.5. The molecule has 0 aliphatic heterocycles. The van der Waals surface area contributed by atoms with E-state index in [9.17, 15) is 0 Å². The minimum absolute atomic E-state index is 0.374. The van der Waals surface area contributed by atoms with Crippen LogP contribution < -0.4 is 15.4 Å². The molecule has 1 fully saturated rings. The van der Waals surface area contributed by atoms with Crippen molar-refractivity contribution < 1.29 is 4.74 Å². The van der Waals surface area contributed by atoms with Gasteiger partial charge in [0.15, 0.2) is 0 Å². The topological polar surface area (TPSA) is 64.3 Å². The van der Waals surface area contributed by atoms with Crippen LogP contribution in [0.3, 0.4) is 0 Å². The summed E-state index contributed by atoms with van der Waals surface area (Å²) in [7, 11) is 0. The molecule has 0 radical (unpaired) electrons. The van der Waals surface area contributed by atoms with Gasteiger partial charge in [-0.2, -0.15) is 0 Å². The molecular weight excluding hydrogens is 252 g/mol. The lowest BCUT2D eigenvalue weighted by Gasteiger charge is -2.36. The first-order chi connectivity index (χ1) is 9.74. The Morgan fingerprint density at radius 2 is 2.00 bits per heavy atom. The Balaban J connectivity index is 2.06. The zero-order chi connectivity index (χ0) is 14.4. The van der Waals surface area contributed by atoms with E-state index in [4.69, 9.17) is 10.5 Å². The third-order valence-corrected chi connectivity index (χ3v) is 3.90. The van der Waals surface area contributed by atoms with E-state index in [0.29, 0.717) is 24.6 Å². The maximum absolute atomic E-state index is 5.99. The van der Waals surface area contributed by atoms with Crippen molar-refractivity contribution >= 4 is 5.82 Å². The molecule has 2 N–H and O–H groups in total. The van der Waals surface area contributed by atoms with Crippen molar-refractivity contribution in [3.63, 3.8) is 0 Å². The quantitative estimate of drug-likeness (QED) is 0.865. The van der Waals surface area contributed by atoms with Crippen molar-refractivity contribution in [1.29, 1.82) is 0 Å². The molecule has 0 spiro atoms. The van der Waals surface area contributed by atoms with E-state index < -0.39 is 0 Å². The van der Waals surface area contributed by atoms with Gasteiger partial charge in [0.1, 0.15) is 12.1 Å². The number of hydrogen-bond donors (Lipinski definition) is 1. The predicted molar refractivity (Wildman–Crippen MR) is 81.1 cm³/mol. The second kappa shape index (κ2) is 7.43.